The highest BCUT2D eigenvalue weighted by atomic mass is 14.3. The lowest BCUT2D eigenvalue weighted by molar-refractivity contribution is 0.469. The van der Waals surface area contributed by atoms with Gasteiger partial charge in [-0.1, -0.05) is 72.8 Å². The highest BCUT2D eigenvalue weighted by molar-refractivity contribution is 5.75. The Morgan fingerprint density at radius 1 is 0.571 bits per heavy atom. The summed E-state index contributed by atoms with van der Waals surface area (Å²) in [5, 5.41) is 0. The van der Waals surface area contributed by atoms with Gasteiger partial charge in [0.05, 0.1) is 0 Å². The van der Waals surface area contributed by atoms with Gasteiger partial charge < -0.3 is 0 Å². The second-order valence-electron chi connectivity index (χ2n) is 6.15. The van der Waals surface area contributed by atoms with Gasteiger partial charge in [-0.25, -0.2) is 0 Å². The average Bonchev–Trinajstić information content (AvgIpc) is 2.57. The molecule has 0 aromatic heterocycles. The number of fused-ring (bicyclic) bond motifs is 2. The van der Waals surface area contributed by atoms with Crippen LogP contribution in [0, 0.1) is 11.8 Å². The fourth-order valence-corrected chi connectivity index (χ4v) is 3.88. The summed E-state index contributed by atoms with van der Waals surface area (Å²) in [6.45, 7) is 0. The molecule has 0 heteroatoms. The third kappa shape index (κ3) is 2.35. The molecular formula is C21H20. The predicted molar refractivity (Wildman–Crippen MR) is 89.7 cm³/mol. The number of allylic oxidation sites excluding steroid dienone is 4. The van der Waals surface area contributed by atoms with Crippen molar-refractivity contribution in [1.82, 2.24) is 0 Å². The van der Waals surface area contributed by atoms with E-state index in [-0.39, 0.29) is 0 Å². The Balaban J connectivity index is 1.63. The minimum Gasteiger partial charge on any atom is -0.0798 e. The molecule has 0 amide bonds. The van der Waals surface area contributed by atoms with Crippen LogP contribution in [-0.4, -0.2) is 0 Å². The van der Waals surface area contributed by atoms with Gasteiger partial charge in [0.1, 0.15) is 0 Å². The topological polar surface area (TPSA) is 0 Å². The third-order valence-corrected chi connectivity index (χ3v) is 4.91. The van der Waals surface area contributed by atoms with E-state index >= 15 is 0 Å². The molecule has 21 heavy (non-hydrogen) atoms. The lowest BCUT2D eigenvalue weighted by Crippen LogP contribution is -2.20. The number of benzene rings is 2. The van der Waals surface area contributed by atoms with Crippen LogP contribution in [-0.2, 0) is 0 Å². The Morgan fingerprint density at radius 3 is 1.43 bits per heavy atom. The predicted octanol–water partition coefficient (Wildman–Crippen LogP) is 5.58. The summed E-state index contributed by atoms with van der Waals surface area (Å²) in [5.41, 5.74) is 5.96. The van der Waals surface area contributed by atoms with Crippen LogP contribution in [0.3, 0.4) is 0 Å². The lowest BCUT2D eigenvalue weighted by Gasteiger charge is -2.35. The molecule has 2 bridgehead atoms. The molecule has 104 valence electrons. The van der Waals surface area contributed by atoms with Crippen LogP contribution in [0.4, 0.5) is 0 Å². The summed E-state index contributed by atoms with van der Waals surface area (Å²) in [6.07, 6.45) is 8.65. The second kappa shape index (κ2) is 5.37. The van der Waals surface area contributed by atoms with Crippen molar-refractivity contribution in [3.05, 3.63) is 83.9 Å². The van der Waals surface area contributed by atoms with Crippen LogP contribution >= 0.6 is 0 Å². The first-order chi connectivity index (χ1) is 10.4. The van der Waals surface area contributed by atoms with E-state index in [0.717, 1.165) is 0 Å². The van der Waals surface area contributed by atoms with Gasteiger partial charge in [-0.2, -0.15) is 0 Å². The van der Waals surface area contributed by atoms with Crippen molar-refractivity contribution in [3.63, 3.8) is 0 Å². The Kier molecular flexibility index (Phi) is 3.23. The molecule has 2 aliphatic rings. The van der Waals surface area contributed by atoms with Gasteiger partial charge >= 0.3 is 0 Å². The molecule has 0 saturated heterocycles. The molecule has 2 atom stereocenters. The Hall–Kier alpha value is -2.08. The summed E-state index contributed by atoms with van der Waals surface area (Å²) in [5.74, 6) is 1.41. The van der Waals surface area contributed by atoms with Crippen molar-refractivity contribution in [2.75, 3.05) is 0 Å². The first kappa shape index (κ1) is 12.6. The van der Waals surface area contributed by atoms with E-state index in [4.69, 9.17) is 0 Å². The van der Waals surface area contributed by atoms with Gasteiger partial charge in [-0.3, -0.25) is 0 Å². The minimum absolute atomic E-state index is 0.707. The standard InChI is InChI=1S/C21H20/c1-3-7-16(8-4-1)20-13-11-19-15-18(20)12-14-21(19)17-9-5-2-6-10-17/h1-10,13-14,18-19H,11-12,15H2. The van der Waals surface area contributed by atoms with Crippen molar-refractivity contribution in [2.45, 2.75) is 19.3 Å². The zero-order chi connectivity index (χ0) is 14.1. The molecular weight excluding hydrogens is 252 g/mol. The normalized spacial score (nSPS) is 24.2. The molecule has 0 N–H and O–H groups in total. The maximum atomic E-state index is 2.49. The molecule has 0 fully saturated rings. The van der Waals surface area contributed by atoms with Crippen molar-refractivity contribution >= 4 is 11.1 Å². The number of hydrogen-bond acceptors (Lipinski definition) is 0. The van der Waals surface area contributed by atoms with E-state index in [1.54, 1.807) is 11.1 Å². The highest BCUT2D eigenvalue weighted by Crippen LogP contribution is 2.46. The fourth-order valence-electron chi connectivity index (χ4n) is 3.88. The molecule has 2 aliphatic carbocycles. The van der Waals surface area contributed by atoms with Crippen LogP contribution < -0.4 is 0 Å². The Labute approximate surface area is 126 Å². The highest BCUT2D eigenvalue weighted by Gasteiger charge is 2.30. The number of hydrogen-bond donors (Lipinski definition) is 0. The zero-order valence-corrected chi connectivity index (χ0v) is 12.2. The van der Waals surface area contributed by atoms with Crippen molar-refractivity contribution in [1.29, 1.82) is 0 Å². The summed E-state index contributed by atoms with van der Waals surface area (Å²) < 4.78 is 0. The molecule has 0 aliphatic heterocycles. The van der Waals surface area contributed by atoms with E-state index in [2.05, 4.69) is 72.8 Å². The largest absolute Gasteiger partial charge is 0.0798 e. The van der Waals surface area contributed by atoms with Crippen LogP contribution in [0.1, 0.15) is 30.4 Å². The van der Waals surface area contributed by atoms with Crippen molar-refractivity contribution < 1.29 is 0 Å². The lowest BCUT2D eigenvalue weighted by atomic mass is 9.69. The third-order valence-electron chi connectivity index (χ3n) is 4.91. The summed E-state index contributed by atoms with van der Waals surface area (Å²) >= 11 is 0. The van der Waals surface area contributed by atoms with Crippen LogP contribution in [0.2, 0.25) is 0 Å². The second-order valence-corrected chi connectivity index (χ2v) is 6.15. The average molecular weight is 272 g/mol. The summed E-state index contributed by atoms with van der Waals surface area (Å²) in [6, 6.07) is 21.8. The smallest absolute Gasteiger partial charge is 0.0118 e. The fraction of sp³-hybridized carbons (Fsp3) is 0.238. The molecule has 0 radical (unpaired) electrons. The maximum Gasteiger partial charge on any atom is -0.0118 e. The van der Waals surface area contributed by atoms with Gasteiger partial charge in [0, 0.05) is 0 Å². The summed E-state index contributed by atoms with van der Waals surface area (Å²) in [4.78, 5) is 0. The van der Waals surface area contributed by atoms with Gasteiger partial charge in [0.15, 0.2) is 0 Å². The van der Waals surface area contributed by atoms with E-state index in [0.29, 0.717) is 11.8 Å². The van der Waals surface area contributed by atoms with Crippen LogP contribution in [0.25, 0.3) is 11.1 Å². The van der Waals surface area contributed by atoms with Crippen molar-refractivity contribution in [2.24, 2.45) is 11.8 Å². The molecule has 0 saturated carbocycles. The molecule has 0 spiro atoms. The first-order valence-electron chi connectivity index (χ1n) is 7.93. The first-order valence-corrected chi connectivity index (χ1v) is 7.93. The maximum absolute atomic E-state index is 2.49. The van der Waals surface area contributed by atoms with Gasteiger partial charge in [0.25, 0.3) is 0 Å². The molecule has 4 rings (SSSR count). The van der Waals surface area contributed by atoms with E-state index < -0.39 is 0 Å². The Morgan fingerprint density at radius 2 is 1.00 bits per heavy atom. The van der Waals surface area contributed by atoms with E-state index in [1.165, 1.54) is 30.4 Å². The molecule has 0 heterocycles. The molecule has 0 nitrogen and oxygen atoms in total. The van der Waals surface area contributed by atoms with Crippen LogP contribution in [0.5, 0.6) is 0 Å². The summed E-state index contributed by atoms with van der Waals surface area (Å²) in [7, 11) is 0. The Bertz CT molecular complexity index is 615. The molecule has 2 unspecified atom stereocenters. The van der Waals surface area contributed by atoms with Gasteiger partial charge in [0.2, 0.25) is 0 Å². The number of rotatable bonds is 2. The van der Waals surface area contributed by atoms with Gasteiger partial charge in [-0.15, -0.1) is 0 Å². The van der Waals surface area contributed by atoms with Gasteiger partial charge in [-0.05, 0) is 53.4 Å². The SMILES string of the molecule is C1=C(c2ccccc2)C2CC=C(c3ccccc3)C(C1)C2. The van der Waals surface area contributed by atoms with E-state index in [9.17, 15) is 0 Å². The van der Waals surface area contributed by atoms with Crippen LogP contribution in [0.15, 0.2) is 72.8 Å². The monoisotopic (exact) mass is 272 g/mol. The minimum atomic E-state index is 0.707. The van der Waals surface area contributed by atoms with Crippen molar-refractivity contribution in [3.8, 4) is 0 Å². The molecule has 2 aromatic carbocycles. The van der Waals surface area contributed by atoms with E-state index in [1.807, 2.05) is 0 Å². The molecule has 2 aromatic rings. The zero-order valence-electron chi connectivity index (χ0n) is 12.2. The quantitative estimate of drug-likeness (QED) is 0.669.